The van der Waals surface area contributed by atoms with E-state index in [2.05, 4.69) is 19.2 Å². The summed E-state index contributed by atoms with van der Waals surface area (Å²) in [6, 6.07) is 15.0. The van der Waals surface area contributed by atoms with Crippen LogP contribution in [-0.4, -0.2) is 0 Å². The van der Waals surface area contributed by atoms with Crippen molar-refractivity contribution in [1.82, 2.24) is 5.32 Å². The second-order valence-corrected chi connectivity index (χ2v) is 5.77. The van der Waals surface area contributed by atoms with Gasteiger partial charge in [-0.05, 0) is 48.7 Å². The largest absolute Gasteiger partial charge is 0.303 e. The number of hydrogen-bond acceptors (Lipinski definition) is 1. The Morgan fingerprint density at radius 1 is 1.10 bits per heavy atom. The topological polar surface area (TPSA) is 12.0 Å². The highest BCUT2D eigenvalue weighted by molar-refractivity contribution is 6.30. The summed E-state index contributed by atoms with van der Waals surface area (Å²) in [6.07, 6.45) is 2.11. The maximum absolute atomic E-state index is 13.3. The van der Waals surface area contributed by atoms with E-state index in [1.165, 1.54) is 11.6 Å². The molecule has 2 rings (SSSR count). The molecule has 0 saturated carbocycles. The zero-order valence-electron chi connectivity index (χ0n) is 12.4. The fourth-order valence-corrected chi connectivity index (χ4v) is 2.63. The quantitative estimate of drug-likeness (QED) is 0.725. The van der Waals surface area contributed by atoms with E-state index in [4.69, 9.17) is 11.6 Å². The van der Waals surface area contributed by atoms with E-state index in [0.29, 0.717) is 0 Å². The van der Waals surface area contributed by atoms with Crippen LogP contribution in [0.25, 0.3) is 0 Å². The van der Waals surface area contributed by atoms with Crippen LogP contribution in [0.5, 0.6) is 0 Å². The number of halogens is 2. The molecular formula is C18H21ClFN. The minimum absolute atomic E-state index is 0.0907. The van der Waals surface area contributed by atoms with Gasteiger partial charge >= 0.3 is 0 Å². The fourth-order valence-electron chi connectivity index (χ4n) is 2.50. The van der Waals surface area contributed by atoms with Crippen LogP contribution in [0.1, 0.15) is 49.9 Å². The molecule has 2 aromatic rings. The summed E-state index contributed by atoms with van der Waals surface area (Å²) < 4.78 is 13.3. The Balaban J connectivity index is 2.14. The first-order valence-corrected chi connectivity index (χ1v) is 7.75. The Labute approximate surface area is 131 Å². The highest BCUT2D eigenvalue weighted by Gasteiger charge is 2.15. The highest BCUT2D eigenvalue weighted by Crippen LogP contribution is 2.25. The van der Waals surface area contributed by atoms with Crippen LogP contribution >= 0.6 is 11.6 Å². The van der Waals surface area contributed by atoms with Crippen LogP contribution in [0.4, 0.5) is 4.39 Å². The third kappa shape index (κ3) is 4.55. The van der Waals surface area contributed by atoms with Gasteiger partial charge in [-0.15, -0.1) is 0 Å². The van der Waals surface area contributed by atoms with Crippen molar-refractivity contribution in [3.63, 3.8) is 0 Å². The van der Waals surface area contributed by atoms with Gasteiger partial charge in [0.2, 0.25) is 0 Å². The monoisotopic (exact) mass is 305 g/mol. The lowest BCUT2D eigenvalue weighted by molar-refractivity contribution is 0.438. The second kappa shape index (κ2) is 7.58. The fraction of sp³-hybridized carbons (Fsp3) is 0.333. The van der Waals surface area contributed by atoms with E-state index in [-0.39, 0.29) is 17.9 Å². The average Bonchev–Trinajstić information content (AvgIpc) is 2.47. The van der Waals surface area contributed by atoms with E-state index in [9.17, 15) is 4.39 Å². The third-order valence-corrected chi connectivity index (χ3v) is 3.90. The number of hydrogen-bond donors (Lipinski definition) is 1. The Morgan fingerprint density at radius 3 is 2.43 bits per heavy atom. The van der Waals surface area contributed by atoms with Gasteiger partial charge in [0.15, 0.2) is 0 Å². The highest BCUT2D eigenvalue weighted by atomic mass is 35.5. The summed E-state index contributed by atoms with van der Waals surface area (Å²) in [5.41, 5.74) is 2.18. The van der Waals surface area contributed by atoms with Gasteiger partial charge in [0.25, 0.3) is 0 Å². The van der Waals surface area contributed by atoms with Gasteiger partial charge in [0.05, 0.1) is 0 Å². The van der Waals surface area contributed by atoms with Crippen molar-refractivity contribution in [3.05, 3.63) is 70.5 Å². The van der Waals surface area contributed by atoms with Crippen LogP contribution in [0.2, 0.25) is 5.02 Å². The Hall–Kier alpha value is -1.38. The number of rotatable bonds is 6. The number of nitrogens with one attached hydrogen (secondary N) is 1. The summed E-state index contributed by atoms with van der Waals surface area (Å²) >= 11 is 5.95. The molecule has 3 heteroatoms. The first-order chi connectivity index (χ1) is 10.1. The van der Waals surface area contributed by atoms with Crippen LogP contribution in [0, 0.1) is 5.82 Å². The van der Waals surface area contributed by atoms with Gasteiger partial charge in [0, 0.05) is 17.1 Å². The van der Waals surface area contributed by atoms with Gasteiger partial charge in [0.1, 0.15) is 5.82 Å². The minimum Gasteiger partial charge on any atom is -0.303 e. The molecule has 112 valence electrons. The van der Waals surface area contributed by atoms with E-state index >= 15 is 0 Å². The van der Waals surface area contributed by atoms with Gasteiger partial charge in [-0.1, -0.05) is 49.2 Å². The average molecular weight is 306 g/mol. The van der Waals surface area contributed by atoms with Crippen molar-refractivity contribution in [2.45, 2.75) is 38.8 Å². The van der Waals surface area contributed by atoms with E-state index in [1.54, 1.807) is 12.1 Å². The van der Waals surface area contributed by atoms with E-state index < -0.39 is 0 Å². The minimum atomic E-state index is -0.195. The van der Waals surface area contributed by atoms with E-state index in [1.807, 2.05) is 30.3 Å². The molecular weight excluding hydrogens is 285 g/mol. The molecule has 21 heavy (non-hydrogen) atoms. The zero-order chi connectivity index (χ0) is 15.2. The lowest BCUT2D eigenvalue weighted by atomic mass is 9.99. The van der Waals surface area contributed by atoms with Gasteiger partial charge < -0.3 is 5.32 Å². The molecule has 0 bridgehead atoms. The van der Waals surface area contributed by atoms with Crippen LogP contribution in [0.3, 0.4) is 0 Å². The van der Waals surface area contributed by atoms with Crippen molar-refractivity contribution in [2.24, 2.45) is 0 Å². The smallest absolute Gasteiger partial charge is 0.123 e. The SMILES string of the molecule is CCCC(N[C@H](C)c1cccc(F)c1)c1ccc(Cl)cc1. The van der Waals surface area contributed by atoms with Crippen molar-refractivity contribution in [1.29, 1.82) is 0 Å². The standard InChI is InChI=1S/C18H21ClFN/c1-3-5-18(14-8-10-16(19)11-9-14)21-13(2)15-6-4-7-17(20)12-15/h4,6-13,18,21H,3,5H2,1-2H3/t13-,18?/m1/s1. The lowest BCUT2D eigenvalue weighted by Crippen LogP contribution is -2.24. The lowest BCUT2D eigenvalue weighted by Gasteiger charge is -2.24. The Bertz CT molecular complexity index is 568. The predicted molar refractivity (Wildman–Crippen MR) is 87.1 cm³/mol. The maximum Gasteiger partial charge on any atom is 0.123 e. The summed E-state index contributed by atoms with van der Waals surface area (Å²) in [7, 11) is 0. The summed E-state index contributed by atoms with van der Waals surface area (Å²) in [4.78, 5) is 0. The van der Waals surface area contributed by atoms with Crippen LogP contribution in [-0.2, 0) is 0 Å². The Kier molecular flexibility index (Phi) is 5.77. The molecule has 0 radical (unpaired) electrons. The van der Waals surface area contributed by atoms with Gasteiger partial charge in [-0.2, -0.15) is 0 Å². The summed E-state index contributed by atoms with van der Waals surface area (Å²) in [5.74, 6) is -0.195. The van der Waals surface area contributed by atoms with Gasteiger partial charge in [-0.25, -0.2) is 4.39 Å². The van der Waals surface area contributed by atoms with E-state index in [0.717, 1.165) is 23.4 Å². The molecule has 0 aliphatic rings. The molecule has 0 aliphatic heterocycles. The molecule has 1 unspecified atom stereocenters. The molecule has 2 aromatic carbocycles. The molecule has 0 saturated heterocycles. The van der Waals surface area contributed by atoms with Crippen molar-refractivity contribution < 1.29 is 4.39 Å². The van der Waals surface area contributed by atoms with Crippen LogP contribution < -0.4 is 5.32 Å². The molecule has 1 N–H and O–H groups in total. The van der Waals surface area contributed by atoms with Crippen molar-refractivity contribution >= 4 is 11.6 Å². The summed E-state index contributed by atoms with van der Waals surface area (Å²) in [6.45, 7) is 4.23. The Morgan fingerprint density at radius 2 is 1.81 bits per heavy atom. The molecule has 0 aromatic heterocycles. The first kappa shape index (κ1) is 16.0. The molecule has 0 fully saturated rings. The maximum atomic E-state index is 13.3. The normalized spacial score (nSPS) is 13.9. The molecule has 1 nitrogen and oxygen atoms in total. The molecule has 0 amide bonds. The predicted octanol–water partition coefficient (Wildman–Crippen LogP) is 5.67. The summed E-state index contributed by atoms with van der Waals surface area (Å²) in [5, 5.41) is 4.33. The molecule has 0 spiro atoms. The van der Waals surface area contributed by atoms with Crippen molar-refractivity contribution in [2.75, 3.05) is 0 Å². The number of benzene rings is 2. The molecule has 0 heterocycles. The van der Waals surface area contributed by atoms with Gasteiger partial charge in [-0.3, -0.25) is 0 Å². The van der Waals surface area contributed by atoms with Crippen LogP contribution in [0.15, 0.2) is 48.5 Å². The molecule has 0 aliphatic carbocycles. The second-order valence-electron chi connectivity index (χ2n) is 5.34. The first-order valence-electron chi connectivity index (χ1n) is 7.37. The zero-order valence-corrected chi connectivity index (χ0v) is 13.2. The third-order valence-electron chi connectivity index (χ3n) is 3.65. The van der Waals surface area contributed by atoms with Crippen molar-refractivity contribution in [3.8, 4) is 0 Å². The molecule has 2 atom stereocenters.